The molecule has 2 aromatic rings. The Labute approximate surface area is 151 Å². The predicted molar refractivity (Wildman–Crippen MR) is 92.2 cm³/mol. The van der Waals surface area contributed by atoms with Crippen LogP contribution in [0.15, 0.2) is 35.0 Å². The lowest BCUT2D eigenvalue weighted by Crippen LogP contribution is -2.44. The van der Waals surface area contributed by atoms with E-state index in [0.717, 1.165) is 18.8 Å². The van der Waals surface area contributed by atoms with E-state index in [1.807, 2.05) is 18.2 Å². The van der Waals surface area contributed by atoms with Gasteiger partial charge >= 0.3 is 0 Å². The van der Waals surface area contributed by atoms with E-state index in [-0.39, 0.29) is 11.9 Å². The molecule has 2 aromatic heterocycles. The minimum Gasteiger partial charge on any atom is -0.379 e. The van der Waals surface area contributed by atoms with E-state index in [4.69, 9.17) is 20.9 Å². The van der Waals surface area contributed by atoms with E-state index in [1.165, 1.54) is 0 Å². The fourth-order valence-electron chi connectivity index (χ4n) is 2.82. The first-order chi connectivity index (χ1) is 12.2. The molecule has 1 amide bonds. The Morgan fingerprint density at radius 2 is 2.20 bits per heavy atom. The first-order valence-electron chi connectivity index (χ1n) is 8.33. The van der Waals surface area contributed by atoms with Crippen molar-refractivity contribution < 1.29 is 14.1 Å². The van der Waals surface area contributed by atoms with Crippen LogP contribution in [0.3, 0.4) is 0 Å². The molecule has 1 aliphatic rings. The molecule has 0 spiro atoms. The molecule has 0 radical (unpaired) electrons. The van der Waals surface area contributed by atoms with Gasteiger partial charge in [0.15, 0.2) is 5.15 Å². The van der Waals surface area contributed by atoms with Gasteiger partial charge in [-0.1, -0.05) is 22.8 Å². The summed E-state index contributed by atoms with van der Waals surface area (Å²) in [6.45, 7) is 3.56. The Balaban J connectivity index is 1.55. The van der Waals surface area contributed by atoms with E-state index in [9.17, 15) is 4.79 Å². The summed E-state index contributed by atoms with van der Waals surface area (Å²) < 4.78 is 10.4. The van der Waals surface area contributed by atoms with Crippen LogP contribution in [0.2, 0.25) is 5.15 Å². The zero-order valence-electron chi connectivity index (χ0n) is 13.9. The Bertz CT molecular complexity index is 674. The van der Waals surface area contributed by atoms with Crippen LogP contribution in [0.5, 0.6) is 0 Å². The summed E-state index contributed by atoms with van der Waals surface area (Å²) >= 11 is 5.70. The zero-order valence-corrected chi connectivity index (χ0v) is 14.6. The molecule has 1 atom stereocenters. The molecule has 3 heterocycles. The van der Waals surface area contributed by atoms with Gasteiger partial charge in [0.2, 0.25) is 5.91 Å². The van der Waals surface area contributed by atoms with E-state index >= 15 is 0 Å². The maximum absolute atomic E-state index is 12.2. The van der Waals surface area contributed by atoms with Crippen LogP contribution in [0.25, 0.3) is 0 Å². The van der Waals surface area contributed by atoms with Crippen LogP contribution < -0.4 is 5.32 Å². The van der Waals surface area contributed by atoms with Crippen LogP contribution >= 0.6 is 11.6 Å². The normalized spacial score (nSPS) is 16.5. The third-order valence-corrected chi connectivity index (χ3v) is 4.31. The number of carbonyl (C=O) groups excluding carboxylic acids is 1. The van der Waals surface area contributed by atoms with Crippen molar-refractivity contribution >= 4 is 17.5 Å². The van der Waals surface area contributed by atoms with Crippen LogP contribution in [0.1, 0.15) is 23.9 Å². The lowest BCUT2D eigenvalue weighted by atomic mass is 10.1. The minimum atomic E-state index is -0.0401. The van der Waals surface area contributed by atoms with E-state index < -0.39 is 0 Å². The quantitative estimate of drug-likeness (QED) is 0.807. The van der Waals surface area contributed by atoms with Crippen molar-refractivity contribution in [3.8, 4) is 0 Å². The summed E-state index contributed by atoms with van der Waals surface area (Å²) in [5.41, 5.74) is 0.951. The number of halogens is 1. The Kier molecular flexibility index (Phi) is 6.38. The summed E-state index contributed by atoms with van der Waals surface area (Å²) in [6, 6.07) is 7.50. The average molecular weight is 365 g/mol. The number of nitrogens with zero attached hydrogens (tertiary/aromatic N) is 3. The van der Waals surface area contributed by atoms with Crippen molar-refractivity contribution in [2.45, 2.75) is 18.9 Å². The van der Waals surface area contributed by atoms with Gasteiger partial charge in [-0.25, -0.2) is 0 Å². The molecular formula is C17H21ClN4O3. The number of ether oxygens (including phenoxy) is 1. The molecule has 8 heteroatoms. The molecule has 1 unspecified atom stereocenters. The van der Waals surface area contributed by atoms with Gasteiger partial charge in [-0.05, 0) is 12.1 Å². The van der Waals surface area contributed by atoms with Crippen LogP contribution in [0, 0.1) is 0 Å². The smallest absolute Gasteiger partial charge is 0.220 e. The highest BCUT2D eigenvalue weighted by atomic mass is 35.5. The number of rotatable bonds is 7. The van der Waals surface area contributed by atoms with Crippen molar-refractivity contribution in [2.24, 2.45) is 0 Å². The van der Waals surface area contributed by atoms with Crippen molar-refractivity contribution in [3.05, 3.63) is 47.1 Å². The molecule has 0 aromatic carbocycles. The van der Waals surface area contributed by atoms with Gasteiger partial charge in [-0.15, -0.1) is 0 Å². The number of hydrogen-bond donors (Lipinski definition) is 1. The second-order valence-electron chi connectivity index (χ2n) is 5.84. The lowest BCUT2D eigenvalue weighted by molar-refractivity contribution is -0.121. The van der Waals surface area contributed by atoms with E-state index in [1.54, 1.807) is 12.3 Å². The Morgan fingerprint density at radius 1 is 1.36 bits per heavy atom. The maximum Gasteiger partial charge on any atom is 0.220 e. The molecule has 1 N–H and O–H groups in total. The second-order valence-corrected chi connectivity index (χ2v) is 6.23. The van der Waals surface area contributed by atoms with Gasteiger partial charge in [-0.3, -0.25) is 14.7 Å². The highest BCUT2D eigenvalue weighted by Crippen LogP contribution is 2.19. The molecule has 7 nitrogen and oxygen atoms in total. The molecule has 1 fully saturated rings. The van der Waals surface area contributed by atoms with Crippen molar-refractivity contribution in [1.82, 2.24) is 20.4 Å². The Morgan fingerprint density at radius 3 is 2.88 bits per heavy atom. The van der Waals surface area contributed by atoms with Crippen molar-refractivity contribution in [3.63, 3.8) is 0 Å². The maximum atomic E-state index is 12.2. The van der Waals surface area contributed by atoms with E-state index in [0.29, 0.717) is 43.5 Å². The predicted octanol–water partition coefficient (Wildman–Crippen LogP) is 1.85. The van der Waals surface area contributed by atoms with Gasteiger partial charge in [-0.2, -0.15) is 0 Å². The standard InChI is InChI=1S/C17H21ClN4O3/c18-16-11-13(25-21-16)4-5-17(23)20-12-15(14-3-1-2-6-19-14)22-7-9-24-10-8-22/h1-3,6,11,15H,4-5,7-10,12H2,(H,20,23). The fourth-order valence-corrected chi connectivity index (χ4v) is 2.98. The molecule has 134 valence electrons. The first kappa shape index (κ1) is 17.8. The van der Waals surface area contributed by atoms with Crippen LogP contribution in [0.4, 0.5) is 0 Å². The largest absolute Gasteiger partial charge is 0.379 e. The third-order valence-electron chi connectivity index (χ3n) is 4.14. The van der Waals surface area contributed by atoms with Gasteiger partial charge in [0, 0.05) is 44.7 Å². The van der Waals surface area contributed by atoms with Gasteiger partial charge in [0.1, 0.15) is 5.76 Å². The SMILES string of the molecule is O=C(CCc1cc(Cl)no1)NCC(c1ccccn1)N1CCOCC1. The van der Waals surface area contributed by atoms with Crippen LogP contribution in [-0.2, 0) is 16.0 Å². The topological polar surface area (TPSA) is 80.5 Å². The molecule has 25 heavy (non-hydrogen) atoms. The number of carbonyl (C=O) groups is 1. The molecule has 0 saturated carbocycles. The summed E-state index contributed by atoms with van der Waals surface area (Å²) in [5.74, 6) is 0.566. The fraction of sp³-hybridized carbons (Fsp3) is 0.471. The average Bonchev–Trinajstić information content (AvgIpc) is 3.07. The molecule has 0 bridgehead atoms. The van der Waals surface area contributed by atoms with Gasteiger partial charge in [0.25, 0.3) is 0 Å². The second kappa shape index (κ2) is 8.94. The van der Waals surface area contributed by atoms with Gasteiger partial charge < -0.3 is 14.6 Å². The zero-order chi connectivity index (χ0) is 17.5. The summed E-state index contributed by atoms with van der Waals surface area (Å²) in [6.07, 6.45) is 2.57. The van der Waals surface area contributed by atoms with Crippen LogP contribution in [-0.4, -0.2) is 53.8 Å². The highest BCUT2D eigenvalue weighted by Gasteiger charge is 2.24. The first-order valence-corrected chi connectivity index (χ1v) is 8.70. The molecule has 3 rings (SSSR count). The molecule has 0 aliphatic carbocycles. The summed E-state index contributed by atoms with van der Waals surface area (Å²) in [4.78, 5) is 18.9. The molecule has 1 saturated heterocycles. The third kappa shape index (κ3) is 5.26. The number of aryl methyl sites for hydroxylation is 1. The van der Waals surface area contributed by atoms with Crippen molar-refractivity contribution in [1.29, 1.82) is 0 Å². The van der Waals surface area contributed by atoms with Gasteiger partial charge in [0.05, 0.1) is 24.9 Å². The monoisotopic (exact) mass is 364 g/mol. The molecular weight excluding hydrogens is 344 g/mol. The number of pyridine rings is 1. The molecule has 1 aliphatic heterocycles. The summed E-state index contributed by atoms with van der Waals surface area (Å²) in [5, 5.41) is 6.90. The number of amides is 1. The number of nitrogens with one attached hydrogen (secondary N) is 1. The number of morpholine rings is 1. The van der Waals surface area contributed by atoms with E-state index in [2.05, 4.69) is 20.4 Å². The highest BCUT2D eigenvalue weighted by molar-refractivity contribution is 6.29. The number of aromatic nitrogens is 2. The minimum absolute atomic E-state index is 0.0359. The van der Waals surface area contributed by atoms with Crippen molar-refractivity contribution in [2.75, 3.05) is 32.8 Å². The lowest BCUT2D eigenvalue weighted by Gasteiger charge is -2.34. The Hall–Kier alpha value is -1.96. The summed E-state index contributed by atoms with van der Waals surface area (Å²) in [7, 11) is 0. The number of hydrogen-bond acceptors (Lipinski definition) is 6.